The molecule has 1 atom stereocenters. The van der Waals surface area contributed by atoms with Gasteiger partial charge in [-0.05, 0) is 18.2 Å². The summed E-state index contributed by atoms with van der Waals surface area (Å²) in [5.74, 6) is 0.124. The lowest BCUT2D eigenvalue weighted by Gasteiger charge is -2.13. The number of nitrogens with zero attached hydrogens (tertiary/aromatic N) is 1. The third kappa shape index (κ3) is 3.57. The fourth-order valence-corrected chi connectivity index (χ4v) is 1.64. The monoisotopic (exact) mass is 305 g/mol. The molecule has 0 radical (unpaired) electrons. The average molecular weight is 307 g/mol. The van der Waals surface area contributed by atoms with E-state index in [9.17, 15) is 0 Å². The van der Waals surface area contributed by atoms with E-state index in [4.69, 9.17) is 22.5 Å². The van der Waals surface area contributed by atoms with Crippen molar-refractivity contribution in [1.82, 2.24) is 0 Å². The maximum atomic E-state index is 8.50. The van der Waals surface area contributed by atoms with Crippen LogP contribution in [0.15, 0.2) is 27.8 Å². The van der Waals surface area contributed by atoms with Crippen LogP contribution in [0.25, 0.3) is 0 Å². The van der Waals surface area contributed by atoms with Crippen LogP contribution in [0.4, 0.5) is 5.69 Å². The maximum Gasteiger partial charge on any atom is 0.143 e. The highest BCUT2D eigenvalue weighted by molar-refractivity contribution is 9.10. The molecule has 4 N–H and O–H groups in total. The summed E-state index contributed by atoms with van der Waals surface area (Å²) in [7, 11) is 0. The van der Waals surface area contributed by atoms with E-state index in [-0.39, 0.29) is 11.8 Å². The summed E-state index contributed by atoms with van der Waals surface area (Å²) < 4.78 is 0.941. The summed E-state index contributed by atoms with van der Waals surface area (Å²) in [6.45, 7) is 2.40. The van der Waals surface area contributed by atoms with E-state index in [2.05, 4.69) is 26.4 Å². The Kier molecular flexibility index (Phi) is 4.89. The smallest absolute Gasteiger partial charge is 0.143 e. The molecule has 1 aromatic rings. The minimum atomic E-state index is -0.0694. The fourth-order valence-electron chi connectivity index (χ4n) is 1.10. The number of hydrogen-bond acceptors (Lipinski definition) is 3. The van der Waals surface area contributed by atoms with Gasteiger partial charge in [0.15, 0.2) is 0 Å². The molecule has 0 saturated carbocycles. The molecule has 1 aromatic carbocycles. The number of anilines is 1. The first-order valence-corrected chi connectivity index (χ1v) is 5.88. The van der Waals surface area contributed by atoms with Crippen LogP contribution in [0.5, 0.6) is 0 Å². The van der Waals surface area contributed by atoms with Gasteiger partial charge in [0.05, 0.1) is 10.7 Å². The quantitative estimate of drug-likeness (QED) is 0.347. The summed E-state index contributed by atoms with van der Waals surface area (Å²) in [6.07, 6.45) is 0. The molecule has 0 fully saturated rings. The summed E-state index contributed by atoms with van der Waals surface area (Å²) in [5, 5.41) is 15.2. The summed E-state index contributed by atoms with van der Waals surface area (Å²) >= 11 is 9.36. The molecular formula is C10H13BrClN3O. The van der Waals surface area contributed by atoms with Crippen LogP contribution < -0.4 is 11.1 Å². The Balaban J connectivity index is 2.64. The Morgan fingerprint density at radius 2 is 2.38 bits per heavy atom. The number of benzene rings is 1. The largest absolute Gasteiger partial charge is 0.409 e. The van der Waals surface area contributed by atoms with Crippen LogP contribution in [0.2, 0.25) is 5.02 Å². The van der Waals surface area contributed by atoms with Gasteiger partial charge in [0.2, 0.25) is 0 Å². The normalized spacial score (nSPS) is 13.6. The molecule has 0 aliphatic carbocycles. The molecule has 0 heterocycles. The number of hydrogen-bond donors (Lipinski definition) is 3. The number of nitrogens with one attached hydrogen (secondary N) is 1. The third-order valence-electron chi connectivity index (χ3n) is 2.15. The lowest BCUT2D eigenvalue weighted by Crippen LogP contribution is -2.27. The summed E-state index contributed by atoms with van der Waals surface area (Å²) in [5.41, 5.74) is 6.28. The summed E-state index contributed by atoms with van der Waals surface area (Å²) in [4.78, 5) is 0. The van der Waals surface area contributed by atoms with Gasteiger partial charge in [0, 0.05) is 16.9 Å². The highest BCUT2D eigenvalue weighted by Crippen LogP contribution is 2.25. The zero-order valence-electron chi connectivity index (χ0n) is 8.74. The summed E-state index contributed by atoms with van der Waals surface area (Å²) in [6, 6.07) is 5.53. The van der Waals surface area contributed by atoms with Crippen molar-refractivity contribution in [2.75, 3.05) is 11.9 Å². The third-order valence-corrected chi connectivity index (χ3v) is 2.97. The first-order chi connectivity index (χ1) is 7.54. The van der Waals surface area contributed by atoms with Gasteiger partial charge in [0.25, 0.3) is 0 Å². The number of nitrogens with two attached hydrogens (primary N) is 1. The SMILES string of the molecule is CC(CNc1cc(Br)ccc1Cl)C(N)=NO. The molecule has 0 bridgehead atoms. The van der Waals surface area contributed by atoms with Crippen LogP contribution in [0.3, 0.4) is 0 Å². The fraction of sp³-hybridized carbons (Fsp3) is 0.300. The van der Waals surface area contributed by atoms with Crippen molar-refractivity contribution in [2.24, 2.45) is 16.8 Å². The van der Waals surface area contributed by atoms with Gasteiger partial charge in [-0.15, -0.1) is 0 Å². The van der Waals surface area contributed by atoms with E-state index in [1.807, 2.05) is 19.1 Å². The standard InChI is InChI=1S/C10H13BrClN3O/c1-6(10(13)15-16)5-14-9-4-7(11)2-3-8(9)12/h2-4,6,14,16H,5H2,1H3,(H2,13,15). The highest BCUT2D eigenvalue weighted by atomic mass is 79.9. The van der Waals surface area contributed by atoms with Gasteiger partial charge in [0.1, 0.15) is 5.84 Å². The van der Waals surface area contributed by atoms with Crippen molar-refractivity contribution in [3.63, 3.8) is 0 Å². The molecule has 1 unspecified atom stereocenters. The van der Waals surface area contributed by atoms with Crippen molar-refractivity contribution in [1.29, 1.82) is 0 Å². The molecule has 0 amide bonds. The minimum Gasteiger partial charge on any atom is -0.409 e. The second-order valence-corrected chi connectivity index (χ2v) is 4.75. The lowest BCUT2D eigenvalue weighted by atomic mass is 10.1. The van der Waals surface area contributed by atoms with Crippen LogP contribution >= 0.6 is 27.5 Å². The Morgan fingerprint density at radius 3 is 3.00 bits per heavy atom. The lowest BCUT2D eigenvalue weighted by molar-refractivity contribution is 0.315. The molecule has 0 aliphatic rings. The van der Waals surface area contributed by atoms with E-state index in [0.29, 0.717) is 11.6 Å². The van der Waals surface area contributed by atoms with Gasteiger partial charge in [-0.1, -0.05) is 39.6 Å². The first kappa shape index (κ1) is 13.1. The van der Waals surface area contributed by atoms with Gasteiger partial charge < -0.3 is 16.3 Å². The van der Waals surface area contributed by atoms with E-state index in [1.54, 1.807) is 6.07 Å². The maximum absolute atomic E-state index is 8.50. The topological polar surface area (TPSA) is 70.6 Å². The molecule has 0 aliphatic heterocycles. The van der Waals surface area contributed by atoms with Gasteiger partial charge in [-0.3, -0.25) is 0 Å². The predicted molar refractivity (Wildman–Crippen MR) is 70.2 cm³/mol. The van der Waals surface area contributed by atoms with Gasteiger partial charge in [-0.2, -0.15) is 0 Å². The van der Waals surface area contributed by atoms with Gasteiger partial charge in [-0.25, -0.2) is 0 Å². The molecule has 88 valence electrons. The van der Waals surface area contributed by atoms with Crippen molar-refractivity contribution < 1.29 is 5.21 Å². The Labute approximate surface area is 108 Å². The molecule has 6 heteroatoms. The number of oxime groups is 1. The minimum absolute atomic E-state index is 0.0694. The van der Waals surface area contributed by atoms with Crippen LogP contribution in [-0.2, 0) is 0 Å². The van der Waals surface area contributed by atoms with E-state index in [1.165, 1.54) is 0 Å². The molecule has 16 heavy (non-hydrogen) atoms. The molecular weight excluding hydrogens is 293 g/mol. The van der Waals surface area contributed by atoms with Gasteiger partial charge >= 0.3 is 0 Å². The van der Waals surface area contributed by atoms with Crippen LogP contribution in [0.1, 0.15) is 6.92 Å². The van der Waals surface area contributed by atoms with E-state index in [0.717, 1.165) is 10.2 Å². The van der Waals surface area contributed by atoms with E-state index < -0.39 is 0 Å². The van der Waals surface area contributed by atoms with Crippen LogP contribution in [-0.4, -0.2) is 17.6 Å². The molecule has 1 rings (SSSR count). The number of amidine groups is 1. The molecule has 0 spiro atoms. The van der Waals surface area contributed by atoms with Crippen molar-refractivity contribution >= 4 is 39.1 Å². The molecule has 4 nitrogen and oxygen atoms in total. The van der Waals surface area contributed by atoms with Crippen molar-refractivity contribution in [2.45, 2.75) is 6.92 Å². The Bertz CT molecular complexity index is 398. The number of halogens is 2. The first-order valence-electron chi connectivity index (χ1n) is 4.71. The number of rotatable bonds is 4. The Morgan fingerprint density at radius 1 is 1.69 bits per heavy atom. The van der Waals surface area contributed by atoms with E-state index >= 15 is 0 Å². The molecule has 0 aromatic heterocycles. The zero-order valence-corrected chi connectivity index (χ0v) is 11.1. The zero-order chi connectivity index (χ0) is 12.1. The average Bonchev–Trinajstić information content (AvgIpc) is 2.28. The van der Waals surface area contributed by atoms with Crippen molar-refractivity contribution in [3.8, 4) is 0 Å². The Hall–Kier alpha value is -0.940. The predicted octanol–water partition coefficient (Wildman–Crippen LogP) is 2.90. The highest BCUT2D eigenvalue weighted by Gasteiger charge is 2.08. The molecule has 0 saturated heterocycles. The second kappa shape index (κ2) is 5.96. The van der Waals surface area contributed by atoms with Crippen molar-refractivity contribution in [3.05, 3.63) is 27.7 Å². The second-order valence-electron chi connectivity index (χ2n) is 3.43. The van der Waals surface area contributed by atoms with Crippen LogP contribution in [0, 0.1) is 5.92 Å².